The second-order valence-electron chi connectivity index (χ2n) is 8.01. The number of alkyl halides is 3. The smallest absolute Gasteiger partial charge is 0.416 e. The zero-order valence-corrected chi connectivity index (χ0v) is 18.6. The number of halogens is 3. The molecule has 1 saturated heterocycles. The van der Waals surface area contributed by atoms with Crippen LogP contribution in [-0.2, 0) is 10.9 Å². The Balaban J connectivity index is 1.65. The average Bonchev–Trinajstić information content (AvgIpc) is 3.30. The van der Waals surface area contributed by atoms with Gasteiger partial charge in [-0.1, -0.05) is 0 Å². The Labute approximate surface area is 189 Å². The minimum absolute atomic E-state index is 0.250. The lowest BCUT2D eigenvalue weighted by Gasteiger charge is -2.19. The van der Waals surface area contributed by atoms with Crippen molar-refractivity contribution in [3.63, 3.8) is 0 Å². The third-order valence-corrected chi connectivity index (χ3v) is 5.50. The van der Waals surface area contributed by atoms with Gasteiger partial charge in [-0.2, -0.15) is 13.2 Å². The van der Waals surface area contributed by atoms with Crippen LogP contribution in [0.2, 0.25) is 0 Å². The molecule has 0 saturated carbocycles. The number of ether oxygens (including phenoxy) is 3. The molecule has 2 atom stereocenters. The van der Waals surface area contributed by atoms with Crippen molar-refractivity contribution in [1.29, 1.82) is 0 Å². The molecule has 1 N–H and O–H groups in total. The van der Waals surface area contributed by atoms with Gasteiger partial charge >= 0.3 is 6.18 Å². The van der Waals surface area contributed by atoms with Gasteiger partial charge in [-0.05, 0) is 38.5 Å². The van der Waals surface area contributed by atoms with Crippen molar-refractivity contribution in [2.75, 3.05) is 32.2 Å². The molecule has 10 heteroatoms. The third-order valence-electron chi connectivity index (χ3n) is 5.50. The minimum atomic E-state index is -4.44. The van der Waals surface area contributed by atoms with E-state index in [2.05, 4.69) is 20.3 Å². The van der Waals surface area contributed by atoms with E-state index in [0.29, 0.717) is 53.2 Å². The van der Waals surface area contributed by atoms with Gasteiger partial charge in [-0.3, -0.25) is 4.98 Å². The number of hydrogen-bond donors (Lipinski definition) is 1. The second kappa shape index (κ2) is 9.38. The number of nitrogens with one attached hydrogen (secondary N) is 1. The highest BCUT2D eigenvalue weighted by Crippen LogP contribution is 2.36. The minimum Gasteiger partial charge on any atom is -0.493 e. The summed E-state index contributed by atoms with van der Waals surface area (Å²) in [6.45, 7) is 5.35. The third kappa shape index (κ3) is 5.27. The number of methoxy groups -OCH3 is 1. The number of fused-ring (bicyclic) bond motifs is 1. The number of nitrogens with zero attached hydrogens (tertiary/aromatic N) is 3. The Morgan fingerprint density at radius 2 is 2.03 bits per heavy atom. The standard InChI is InChI=1S/C23H25F3N4O3/c1-13(18-8-16(4-6-27-18)23(24,25)26)28-22-17-9-21(33-12-15-5-7-32-11-15)20(31-3)10-19(17)29-14(2)30-22/h4,6,8-10,13,15H,5,7,11-12H2,1-3H3,(H,28,29,30)/t13-,15+/m1/s1. The van der Waals surface area contributed by atoms with Gasteiger partial charge in [0.05, 0.1) is 43.1 Å². The molecule has 3 heterocycles. The summed E-state index contributed by atoms with van der Waals surface area (Å²) < 4.78 is 56.3. The van der Waals surface area contributed by atoms with Crippen molar-refractivity contribution in [3.8, 4) is 11.5 Å². The molecule has 1 aromatic carbocycles. The van der Waals surface area contributed by atoms with Crippen LogP contribution in [0.25, 0.3) is 10.9 Å². The highest BCUT2D eigenvalue weighted by molar-refractivity contribution is 5.92. The molecule has 0 amide bonds. The van der Waals surface area contributed by atoms with Crippen molar-refractivity contribution in [1.82, 2.24) is 15.0 Å². The fraction of sp³-hybridized carbons (Fsp3) is 0.435. The molecule has 0 radical (unpaired) electrons. The van der Waals surface area contributed by atoms with Crippen molar-refractivity contribution in [2.24, 2.45) is 5.92 Å². The van der Waals surface area contributed by atoms with E-state index in [1.807, 2.05) is 0 Å². The molecule has 0 spiro atoms. The van der Waals surface area contributed by atoms with E-state index >= 15 is 0 Å². The van der Waals surface area contributed by atoms with Gasteiger partial charge in [0.1, 0.15) is 11.6 Å². The first-order chi connectivity index (χ1) is 15.7. The quantitative estimate of drug-likeness (QED) is 0.532. The van der Waals surface area contributed by atoms with Crippen LogP contribution in [0.4, 0.5) is 19.0 Å². The van der Waals surface area contributed by atoms with Gasteiger partial charge in [0.25, 0.3) is 0 Å². The lowest BCUT2D eigenvalue weighted by atomic mass is 10.1. The molecule has 4 rings (SSSR count). The molecule has 0 bridgehead atoms. The number of anilines is 1. The van der Waals surface area contributed by atoms with Crippen LogP contribution < -0.4 is 14.8 Å². The van der Waals surface area contributed by atoms with Gasteiger partial charge in [0.2, 0.25) is 0 Å². The zero-order valence-electron chi connectivity index (χ0n) is 18.6. The predicted molar refractivity (Wildman–Crippen MR) is 117 cm³/mol. The Morgan fingerprint density at radius 3 is 2.73 bits per heavy atom. The van der Waals surface area contributed by atoms with E-state index in [1.54, 1.807) is 33.1 Å². The number of hydrogen-bond acceptors (Lipinski definition) is 7. The molecule has 0 aliphatic carbocycles. The highest BCUT2D eigenvalue weighted by atomic mass is 19.4. The number of aromatic nitrogens is 3. The molecule has 2 aromatic heterocycles. The Bertz CT molecular complexity index is 1130. The normalized spacial score (nSPS) is 17.2. The first-order valence-electron chi connectivity index (χ1n) is 10.6. The van der Waals surface area contributed by atoms with Crippen molar-refractivity contribution in [2.45, 2.75) is 32.5 Å². The number of rotatable bonds is 7. The Hall–Kier alpha value is -3.14. The summed E-state index contributed by atoms with van der Waals surface area (Å²) in [5, 5.41) is 3.85. The fourth-order valence-corrected chi connectivity index (χ4v) is 3.70. The maximum Gasteiger partial charge on any atom is 0.416 e. The van der Waals surface area contributed by atoms with Crippen LogP contribution in [-0.4, -0.2) is 41.9 Å². The molecule has 1 aliphatic heterocycles. The maximum atomic E-state index is 13.1. The monoisotopic (exact) mass is 462 g/mol. The molecule has 176 valence electrons. The fourth-order valence-electron chi connectivity index (χ4n) is 3.70. The van der Waals surface area contributed by atoms with Gasteiger partial charge in [-0.15, -0.1) is 0 Å². The number of aryl methyl sites for hydroxylation is 1. The summed E-state index contributed by atoms with van der Waals surface area (Å²) in [6, 6.07) is 5.01. The van der Waals surface area contributed by atoms with Gasteiger partial charge in [0.15, 0.2) is 11.5 Å². The first kappa shape index (κ1) is 23.0. The summed E-state index contributed by atoms with van der Waals surface area (Å²) in [6.07, 6.45) is -2.35. The van der Waals surface area contributed by atoms with Crippen molar-refractivity contribution < 1.29 is 27.4 Å². The Kier molecular flexibility index (Phi) is 6.55. The molecular formula is C23H25F3N4O3. The van der Waals surface area contributed by atoms with Crippen LogP contribution >= 0.6 is 0 Å². The maximum absolute atomic E-state index is 13.1. The van der Waals surface area contributed by atoms with E-state index < -0.39 is 17.8 Å². The highest BCUT2D eigenvalue weighted by Gasteiger charge is 2.31. The van der Waals surface area contributed by atoms with Crippen molar-refractivity contribution >= 4 is 16.7 Å². The molecule has 33 heavy (non-hydrogen) atoms. The van der Waals surface area contributed by atoms with Gasteiger partial charge < -0.3 is 19.5 Å². The molecule has 7 nitrogen and oxygen atoms in total. The van der Waals surface area contributed by atoms with Crippen LogP contribution in [0.1, 0.15) is 36.5 Å². The van der Waals surface area contributed by atoms with E-state index in [0.717, 1.165) is 31.4 Å². The van der Waals surface area contributed by atoms with Gasteiger partial charge in [0, 0.05) is 30.2 Å². The summed E-state index contributed by atoms with van der Waals surface area (Å²) in [7, 11) is 1.56. The number of benzene rings is 1. The summed E-state index contributed by atoms with van der Waals surface area (Å²) >= 11 is 0. The van der Waals surface area contributed by atoms with Crippen molar-refractivity contribution in [3.05, 3.63) is 47.5 Å². The summed E-state index contributed by atoms with van der Waals surface area (Å²) in [5.74, 6) is 2.37. The largest absolute Gasteiger partial charge is 0.493 e. The molecule has 0 unspecified atom stereocenters. The SMILES string of the molecule is COc1cc2nc(C)nc(N[C@H](C)c3cc(C(F)(F)F)ccn3)c2cc1OC[C@H]1CCOC1. The topological polar surface area (TPSA) is 78.4 Å². The van der Waals surface area contributed by atoms with E-state index in [-0.39, 0.29) is 5.69 Å². The van der Waals surface area contributed by atoms with Crippen LogP contribution in [0.3, 0.4) is 0 Å². The molecule has 1 aliphatic rings. The van der Waals surface area contributed by atoms with E-state index in [9.17, 15) is 13.2 Å². The molecule has 1 fully saturated rings. The average molecular weight is 462 g/mol. The lowest BCUT2D eigenvalue weighted by molar-refractivity contribution is -0.137. The second-order valence-corrected chi connectivity index (χ2v) is 8.01. The van der Waals surface area contributed by atoms with E-state index in [4.69, 9.17) is 14.2 Å². The predicted octanol–water partition coefficient (Wildman–Crippen LogP) is 4.95. The summed E-state index contributed by atoms with van der Waals surface area (Å²) in [5.41, 5.74) is 0.129. The lowest BCUT2D eigenvalue weighted by Crippen LogP contribution is -2.14. The van der Waals surface area contributed by atoms with Gasteiger partial charge in [-0.25, -0.2) is 9.97 Å². The first-order valence-corrected chi connectivity index (χ1v) is 10.6. The van der Waals surface area contributed by atoms with Crippen LogP contribution in [0.15, 0.2) is 30.5 Å². The van der Waals surface area contributed by atoms with Crippen LogP contribution in [0.5, 0.6) is 11.5 Å². The zero-order chi connectivity index (χ0) is 23.6. The Morgan fingerprint density at radius 1 is 1.21 bits per heavy atom. The van der Waals surface area contributed by atoms with E-state index in [1.165, 1.54) is 0 Å². The van der Waals surface area contributed by atoms with Crippen LogP contribution in [0, 0.1) is 12.8 Å². The molecular weight excluding hydrogens is 437 g/mol. The summed E-state index contributed by atoms with van der Waals surface area (Å²) in [4.78, 5) is 13.1. The number of pyridine rings is 1. The molecule has 3 aromatic rings.